The van der Waals surface area contributed by atoms with Crippen LogP contribution in [0.15, 0.2) is 81.5 Å². The SMILES string of the molecule is O=C1N=Cc2cccc(S(=O)(=O)c3ccc(/C=C/c4ccc(F)cc4)cc3)c21. The van der Waals surface area contributed by atoms with Crippen molar-refractivity contribution in [1.29, 1.82) is 0 Å². The van der Waals surface area contributed by atoms with Crippen molar-refractivity contribution >= 4 is 34.1 Å². The van der Waals surface area contributed by atoms with Gasteiger partial charge in [0.25, 0.3) is 5.91 Å². The average molecular weight is 391 g/mol. The van der Waals surface area contributed by atoms with Crippen LogP contribution < -0.4 is 0 Å². The van der Waals surface area contributed by atoms with Crippen LogP contribution in [0.4, 0.5) is 4.39 Å². The van der Waals surface area contributed by atoms with E-state index in [-0.39, 0.29) is 21.2 Å². The number of halogens is 1. The average Bonchev–Trinajstić information content (AvgIpc) is 3.09. The molecule has 0 saturated carbocycles. The Morgan fingerprint density at radius 1 is 0.821 bits per heavy atom. The van der Waals surface area contributed by atoms with Gasteiger partial charge in [-0.1, -0.05) is 48.6 Å². The summed E-state index contributed by atoms with van der Waals surface area (Å²) in [6.45, 7) is 0. The lowest BCUT2D eigenvalue weighted by atomic mass is 10.1. The number of carbonyl (C=O) groups is 1. The summed E-state index contributed by atoms with van der Waals surface area (Å²) < 4.78 is 38.9. The van der Waals surface area contributed by atoms with E-state index >= 15 is 0 Å². The van der Waals surface area contributed by atoms with E-state index in [4.69, 9.17) is 0 Å². The molecular formula is C22H14FNO3S. The van der Waals surface area contributed by atoms with Crippen molar-refractivity contribution < 1.29 is 17.6 Å². The number of sulfone groups is 1. The topological polar surface area (TPSA) is 63.6 Å². The molecule has 0 atom stereocenters. The third-order valence-electron chi connectivity index (χ3n) is 4.41. The molecule has 0 N–H and O–H groups in total. The van der Waals surface area contributed by atoms with Crippen LogP contribution in [0.3, 0.4) is 0 Å². The molecule has 6 heteroatoms. The lowest BCUT2D eigenvalue weighted by Crippen LogP contribution is -2.08. The zero-order valence-electron chi connectivity index (χ0n) is 14.5. The van der Waals surface area contributed by atoms with Gasteiger partial charge in [0.1, 0.15) is 5.82 Å². The van der Waals surface area contributed by atoms with Gasteiger partial charge in [0, 0.05) is 11.8 Å². The molecule has 0 aliphatic carbocycles. The van der Waals surface area contributed by atoms with E-state index in [2.05, 4.69) is 4.99 Å². The molecule has 4 nitrogen and oxygen atoms in total. The summed E-state index contributed by atoms with van der Waals surface area (Å²) in [5.41, 5.74) is 2.24. The van der Waals surface area contributed by atoms with Crippen molar-refractivity contribution in [1.82, 2.24) is 0 Å². The monoisotopic (exact) mass is 391 g/mol. The fourth-order valence-corrected chi connectivity index (χ4v) is 4.43. The Hall–Kier alpha value is -3.38. The van der Waals surface area contributed by atoms with Crippen molar-refractivity contribution in [3.05, 3.63) is 94.8 Å². The molecule has 0 fully saturated rings. The maximum absolute atomic E-state index is 13.0. The maximum Gasteiger partial charge on any atom is 0.278 e. The Kier molecular flexibility index (Phi) is 4.49. The van der Waals surface area contributed by atoms with E-state index in [1.165, 1.54) is 36.5 Å². The second-order valence-electron chi connectivity index (χ2n) is 6.24. The first-order chi connectivity index (χ1) is 13.4. The molecular weight excluding hydrogens is 377 g/mol. The first kappa shape index (κ1) is 18.0. The van der Waals surface area contributed by atoms with Gasteiger partial charge in [0.2, 0.25) is 9.84 Å². The van der Waals surface area contributed by atoms with E-state index < -0.39 is 15.7 Å². The smallest absolute Gasteiger partial charge is 0.267 e. The zero-order valence-corrected chi connectivity index (χ0v) is 15.4. The van der Waals surface area contributed by atoms with Crippen molar-refractivity contribution in [3.63, 3.8) is 0 Å². The Balaban J connectivity index is 1.63. The minimum atomic E-state index is -3.85. The first-order valence-corrected chi connectivity index (χ1v) is 9.94. The fraction of sp³-hybridized carbons (Fsp3) is 0. The fourth-order valence-electron chi connectivity index (χ4n) is 2.95. The standard InChI is InChI=1S/C22H14FNO3S/c23-18-10-6-15(7-11-18)4-5-16-8-12-19(13-9-16)28(26,27)20-3-1-2-17-14-24-22(25)21(17)20/h1-14H/b5-4+. The molecule has 0 aromatic heterocycles. The summed E-state index contributed by atoms with van der Waals surface area (Å²) in [6, 6.07) is 17.1. The Bertz CT molecular complexity index is 1230. The molecule has 0 radical (unpaired) electrons. The number of amides is 1. The third-order valence-corrected chi connectivity index (χ3v) is 6.22. The summed E-state index contributed by atoms with van der Waals surface area (Å²) >= 11 is 0. The van der Waals surface area contributed by atoms with Crippen LogP contribution in [0.1, 0.15) is 27.0 Å². The normalized spacial score (nSPS) is 13.2. The highest BCUT2D eigenvalue weighted by Crippen LogP contribution is 2.29. The maximum atomic E-state index is 13.0. The van der Waals surface area contributed by atoms with E-state index in [9.17, 15) is 17.6 Å². The Morgan fingerprint density at radius 3 is 2.07 bits per heavy atom. The predicted octanol–water partition coefficient (Wildman–Crippen LogP) is 4.40. The number of hydrogen-bond acceptors (Lipinski definition) is 3. The van der Waals surface area contributed by atoms with Gasteiger partial charge in [-0.2, -0.15) is 0 Å². The molecule has 1 aliphatic heterocycles. The van der Waals surface area contributed by atoms with Crippen LogP contribution in [0.2, 0.25) is 0 Å². The van der Waals surface area contributed by atoms with Gasteiger partial charge in [-0.25, -0.2) is 17.8 Å². The molecule has 0 bridgehead atoms. The van der Waals surface area contributed by atoms with Crippen LogP contribution >= 0.6 is 0 Å². The van der Waals surface area contributed by atoms with Crippen molar-refractivity contribution in [2.24, 2.45) is 4.99 Å². The molecule has 138 valence electrons. The largest absolute Gasteiger partial charge is 0.278 e. The van der Waals surface area contributed by atoms with E-state index in [0.29, 0.717) is 5.56 Å². The molecule has 0 spiro atoms. The van der Waals surface area contributed by atoms with Gasteiger partial charge in [0.15, 0.2) is 0 Å². The van der Waals surface area contributed by atoms with Crippen LogP contribution in [0, 0.1) is 5.82 Å². The van der Waals surface area contributed by atoms with Crippen LogP contribution in [-0.4, -0.2) is 20.5 Å². The molecule has 28 heavy (non-hydrogen) atoms. The summed E-state index contributed by atoms with van der Waals surface area (Å²) in [7, 11) is -3.85. The summed E-state index contributed by atoms with van der Waals surface area (Å²) in [5, 5.41) is 0. The van der Waals surface area contributed by atoms with E-state index in [0.717, 1.165) is 11.1 Å². The van der Waals surface area contributed by atoms with Gasteiger partial charge >= 0.3 is 0 Å². The van der Waals surface area contributed by atoms with Crippen LogP contribution in [0.5, 0.6) is 0 Å². The van der Waals surface area contributed by atoms with Gasteiger partial charge in [-0.15, -0.1) is 0 Å². The minimum absolute atomic E-state index is 0.0397. The number of aliphatic imine (C=N–C) groups is 1. The molecule has 1 aliphatic rings. The quantitative estimate of drug-likeness (QED) is 0.619. The van der Waals surface area contributed by atoms with Crippen LogP contribution in [-0.2, 0) is 9.84 Å². The van der Waals surface area contributed by atoms with Gasteiger partial charge < -0.3 is 0 Å². The van der Waals surface area contributed by atoms with Crippen LogP contribution in [0.25, 0.3) is 12.2 Å². The number of rotatable bonds is 4. The number of carbonyl (C=O) groups excluding carboxylic acids is 1. The minimum Gasteiger partial charge on any atom is -0.267 e. The number of benzene rings is 3. The number of hydrogen-bond donors (Lipinski definition) is 0. The lowest BCUT2D eigenvalue weighted by Gasteiger charge is -2.08. The number of fused-ring (bicyclic) bond motifs is 1. The van der Waals surface area contributed by atoms with E-state index in [1.54, 1.807) is 42.5 Å². The second kappa shape index (κ2) is 6.98. The molecule has 3 aromatic rings. The molecule has 1 amide bonds. The van der Waals surface area contributed by atoms with Gasteiger partial charge in [-0.3, -0.25) is 4.79 Å². The predicted molar refractivity (Wildman–Crippen MR) is 106 cm³/mol. The molecule has 1 heterocycles. The Labute approximate surface area is 161 Å². The highest BCUT2D eigenvalue weighted by molar-refractivity contribution is 7.91. The van der Waals surface area contributed by atoms with E-state index in [1.807, 2.05) is 6.08 Å². The molecule has 0 saturated heterocycles. The van der Waals surface area contributed by atoms with Gasteiger partial charge in [-0.05, 0) is 41.5 Å². The van der Waals surface area contributed by atoms with Gasteiger partial charge in [0.05, 0.1) is 15.4 Å². The second-order valence-corrected chi connectivity index (χ2v) is 8.16. The van der Waals surface area contributed by atoms with Crippen molar-refractivity contribution in [2.45, 2.75) is 9.79 Å². The highest BCUT2D eigenvalue weighted by Gasteiger charge is 2.28. The molecule has 4 rings (SSSR count). The molecule has 0 unspecified atom stereocenters. The number of nitrogens with zero attached hydrogens (tertiary/aromatic N) is 1. The summed E-state index contributed by atoms with van der Waals surface area (Å²) in [5.74, 6) is -0.851. The third kappa shape index (κ3) is 3.30. The zero-order chi connectivity index (χ0) is 19.7. The highest BCUT2D eigenvalue weighted by atomic mass is 32.2. The Morgan fingerprint density at radius 2 is 1.43 bits per heavy atom. The molecule has 3 aromatic carbocycles. The summed E-state index contributed by atoms with van der Waals surface area (Å²) in [4.78, 5) is 15.7. The first-order valence-electron chi connectivity index (χ1n) is 8.45. The van der Waals surface area contributed by atoms with Crippen molar-refractivity contribution in [2.75, 3.05) is 0 Å². The lowest BCUT2D eigenvalue weighted by molar-refractivity contribution is 0.100. The van der Waals surface area contributed by atoms with Crippen molar-refractivity contribution in [3.8, 4) is 0 Å². The summed E-state index contributed by atoms with van der Waals surface area (Å²) in [6.07, 6.45) is 4.99.